The molecule has 1 fully saturated rings. The van der Waals surface area contributed by atoms with Gasteiger partial charge in [0.2, 0.25) is 5.91 Å². The molecule has 2 aliphatic carbocycles. The molecule has 0 aromatic heterocycles. The van der Waals surface area contributed by atoms with Gasteiger partial charge in [-0.05, 0) is 42.0 Å². The number of alkyl carbamates (subject to hydrolysis) is 1. The number of hydrogen-bond donors (Lipinski definition) is 2. The Morgan fingerprint density at radius 1 is 1.15 bits per heavy atom. The maximum atomic E-state index is 13.2. The van der Waals surface area contributed by atoms with Gasteiger partial charge in [-0.1, -0.05) is 61.0 Å². The highest BCUT2D eigenvalue weighted by molar-refractivity contribution is 5.87. The third-order valence-electron chi connectivity index (χ3n) is 7.05. The van der Waals surface area contributed by atoms with Gasteiger partial charge in [0.1, 0.15) is 13.2 Å². The number of carbonyl (C=O) groups excluding carboxylic acids is 2. The smallest absolute Gasteiger partial charge is 0.407 e. The van der Waals surface area contributed by atoms with Gasteiger partial charge in [-0.2, -0.15) is 0 Å². The molecule has 2 aliphatic rings. The van der Waals surface area contributed by atoms with E-state index in [0.717, 1.165) is 28.7 Å². The van der Waals surface area contributed by atoms with Crippen molar-refractivity contribution in [3.05, 3.63) is 72.3 Å². The number of ether oxygens (including phenoxy) is 1. The Morgan fingerprint density at radius 3 is 2.35 bits per heavy atom. The lowest BCUT2D eigenvalue weighted by Gasteiger charge is -2.35. The molecule has 7 heteroatoms. The Labute approximate surface area is 199 Å². The summed E-state index contributed by atoms with van der Waals surface area (Å²) in [5, 5.41) is 12.1. The predicted molar refractivity (Wildman–Crippen MR) is 128 cm³/mol. The van der Waals surface area contributed by atoms with Gasteiger partial charge in [-0.25, -0.2) is 4.79 Å². The van der Waals surface area contributed by atoms with E-state index in [-0.39, 0.29) is 25.0 Å². The van der Waals surface area contributed by atoms with Crippen LogP contribution in [-0.2, 0) is 14.3 Å². The number of hydrogen-bond acceptors (Lipinski definition) is 4. The van der Waals surface area contributed by atoms with Crippen molar-refractivity contribution in [2.75, 3.05) is 19.7 Å². The van der Waals surface area contributed by atoms with Gasteiger partial charge in [-0.3, -0.25) is 9.59 Å². The second kappa shape index (κ2) is 9.71. The van der Waals surface area contributed by atoms with Crippen LogP contribution >= 0.6 is 0 Å². The van der Waals surface area contributed by atoms with E-state index in [1.54, 1.807) is 6.92 Å². The van der Waals surface area contributed by atoms with E-state index in [1.165, 1.54) is 11.0 Å². The lowest BCUT2D eigenvalue weighted by Crippen LogP contribution is -2.53. The molecule has 0 radical (unpaired) electrons. The van der Waals surface area contributed by atoms with Crippen molar-refractivity contribution in [1.82, 2.24) is 10.2 Å². The number of rotatable bonds is 8. The molecule has 34 heavy (non-hydrogen) atoms. The summed E-state index contributed by atoms with van der Waals surface area (Å²) in [4.78, 5) is 38.6. The minimum atomic E-state index is -1.09. The van der Waals surface area contributed by atoms with Crippen LogP contribution in [-0.4, -0.2) is 53.7 Å². The van der Waals surface area contributed by atoms with Gasteiger partial charge in [-0.15, -0.1) is 6.58 Å². The molecular weight excluding hydrogens is 432 g/mol. The normalized spacial score (nSPS) is 20.8. The van der Waals surface area contributed by atoms with Crippen molar-refractivity contribution in [1.29, 1.82) is 0 Å². The monoisotopic (exact) mass is 462 g/mol. The summed E-state index contributed by atoms with van der Waals surface area (Å²) in [5.74, 6) is -1.43. The fourth-order valence-corrected chi connectivity index (χ4v) is 5.34. The summed E-state index contributed by atoms with van der Waals surface area (Å²) in [5.41, 5.74) is 3.67. The summed E-state index contributed by atoms with van der Waals surface area (Å²) in [7, 11) is 0. The van der Waals surface area contributed by atoms with Crippen LogP contribution in [0.2, 0.25) is 0 Å². The molecule has 0 aliphatic heterocycles. The molecule has 0 saturated heterocycles. The standard InChI is InChI=1S/C27H30N2O5/c1-3-15-29(16-24(30)31)25(32)27(2)14-8-13-23(27)28-26(33)34-17-22-20-11-6-4-9-18(20)19-10-5-7-12-21(19)22/h3-7,9-12,22-23H,1,8,13-17H2,2H3,(H,28,33)(H,30,31). The molecule has 2 aromatic carbocycles. The Kier molecular flexibility index (Phi) is 6.72. The third-order valence-corrected chi connectivity index (χ3v) is 7.05. The summed E-state index contributed by atoms with van der Waals surface area (Å²) in [6.07, 6.45) is 2.88. The molecule has 7 nitrogen and oxygen atoms in total. The molecular formula is C27H30N2O5. The average Bonchev–Trinajstić information content (AvgIpc) is 3.35. The van der Waals surface area contributed by atoms with Crippen molar-refractivity contribution < 1.29 is 24.2 Å². The maximum Gasteiger partial charge on any atom is 0.407 e. The quantitative estimate of drug-likeness (QED) is 0.574. The topological polar surface area (TPSA) is 95.9 Å². The van der Waals surface area contributed by atoms with Crippen LogP contribution in [0, 0.1) is 5.41 Å². The van der Waals surface area contributed by atoms with Crippen LogP contribution in [0.25, 0.3) is 11.1 Å². The maximum absolute atomic E-state index is 13.2. The van der Waals surface area contributed by atoms with Crippen LogP contribution in [0.5, 0.6) is 0 Å². The van der Waals surface area contributed by atoms with Crippen LogP contribution in [0.4, 0.5) is 4.79 Å². The van der Waals surface area contributed by atoms with Gasteiger partial charge >= 0.3 is 12.1 Å². The van der Waals surface area contributed by atoms with E-state index in [1.807, 2.05) is 24.3 Å². The number of amides is 2. The van der Waals surface area contributed by atoms with Gasteiger partial charge in [0, 0.05) is 18.5 Å². The number of nitrogens with zero attached hydrogens (tertiary/aromatic N) is 1. The zero-order valence-electron chi connectivity index (χ0n) is 19.3. The van der Waals surface area contributed by atoms with Gasteiger partial charge in [0.25, 0.3) is 0 Å². The van der Waals surface area contributed by atoms with E-state index in [9.17, 15) is 19.5 Å². The van der Waals surface area contributed by atoms with Gasteiger partial charge in [0.15, 0.2) is 0 Å². The minimum absolute atomic E-state index is 0.0478. The number of fused-ring (bicyclic) bond motifs is 3. The lowest BCUT2D eigenvalue weighted by molar-refractivity contribution is -0.149. The first-order valence-electron chi connectivity index (χ1n) is 11.6. The number of carboxylic acid groups (broad SMARTS) is 1. The van der Waals surface area contributed by atoms with Crippen molar-refractivity contribution in [2.24, 2.45) is 5.41 Å². The fourth-order valence-electron chi connectivity index (χ4n) is 5.34. The summed E-state index contributed by atoms with van der Waals surface area (Å²) < 4.78 is 5.66. The highest BCUT2D eigenvalue weighted by Crippen LogP contribution is 2.44. The third kappa shape index (κ3) is 4.42. The molecule has 2 N–H and O–H groups in total. The largest absolute Gasteiger partial charge is 0.480 e. The van der Waals surface area contributed by atoms with Crippen LogP contribution in [0.1, 0.15) is 43.2 Å². The predicted octanol–water partition coefficient (Wildman–Crippen LogP) is 4.18. The number of benzene rings is 2. The van der Waals surface area contributed by atoms with Crippen molar-refractivity contribution in [3.63, 3.8) is 0 Å². The van der Waals surface area contributed by atoms with Gasteiger partial charge < -0.3 is 20.1 Å². The molecule has 4 rings (SSSR count). The molecule has 2 aromatic rings. The van der Waals surface area contributed by atoms with E-state index in [4.69, 9.17) is 4.74 Å². The second-order valence-corrected chi connectivity index (χ2v) is 9.20. The first-order valence-corrected chi connectivity index (χ1v) is 11.6. The Hall–Kier alpha value is -3.61. The average molecular weight is 463 g/mol. The zero-order chi connectivity index (χ0) is 24.3. The second-order valence-electron chi connectivity index (χ2n) is 9.20. The Morgan fingerprint density at radius 2 is 1.76 bits per heavy atom. The molecule has 0 bridgehead atoms. The minimum Gasteiger partial charge on any atom is -0.480 e. The molecule has 1 saturated carbocycles. The van der Waals surface area contributed by atoms with Crippen molar-refractivity contribution in [2.45, 2.75) is 38.1 Å². The van der Waals surface area contributed by atoms with Crippen molar-refractivity contribution >= 4 is 18.0 Å². The Bertz CT molecular complexity index is 1070. The summed E-state index contributed by atoms with van der Waals surface area (Å²) in [6.45, 7) is 5.34. The zero-order valence-corrected chi connectivity index (χ0v) is 19.3. The number of aliphatic carboxylic acids is 1. The van der Waals surface area contributed by atoms with E-state index in [2.05, 4.69) is 36.2 Å². The molecule has 178 valence electrons. The van der Waals surface area contributed by atoms with Gasteiger partial charge in [0.05, 0.1) is 5.41 Å². The molecule has 0 heterocycles. The lowest BCUT2D eigenvalue weighted by atomic mass is 9.83. The Balaban J connectivity index is 1.43. The fraction of sp³-hybridized carbons (Fsp3) is 0.370. The van der Waals surface area contributed by atoms with Crippen LogP contribution < -0.4 is 5.32 Å². The van der Waals surface area contributed by atoms with Crippen molar-refractivity contribution in [3.8, 4) is 11.1 Å². The SMILES string of the molecule is C=CCN(CC(=O)O)C(=O)C1(C)CCCC1NC(=O)OCC1c2ccccc2-c2ccccc21. The first-order chi connectivity index (χ1) is 16.3. The number of carbonyl (C=O) groups is 3. The highest BCUT2D eigenvalue weighted by Gasteiger charge is 2.48. The summed E-state index contributed by atoms with van der Waals surface area (Å²) in [6, 6.07) is 15.8. The number of carboxylic acids is 1. The molecule has 2 atom stereocenters. The molecule has 2 unspecified atom stereocenters. The van der Waals surface area contributed by atoms with E-state index < -0.39 is 30.1 Å². The number of nitrogens with one attached hydrogen (secondary N) is 1. The van der Waals surface area contributed by atoms with Crippen LogP contribution in [0.3, 0.4) is 0 Å². The first kappa shape index (κ1) is 23.5. The highest BCUT2D eigenvalue weighted by atomic mass is 16.5. The van der Waals surface area contributed by atoms with E-state index >= 15 is 0 Å². The molecule has 0 spiro atoms. The summed E-state index contributed by atoms with van der Waals surface area (Å²) >= 11 is 0. The van der Waals surface area contributed by atoms with Crippen LogP contribution in [0.15, 0.2) is 61.2 Å². The van der Waals surface area contributed by atoms with E-state index in [0.29, 0.717) is 12.8 Å². The molecule has 2 amide bonds.